The summed E-state index contributed by atoms with van der Waals surface area (Å²) in [7, 11) is 0. The van der Waals surface area contributed by atoms with Crippen molar-refractivity contribution in [3.8, 4) is 0 Å². The van der Waals surface area contributed by atoms with Crippen LogP contribution in [0, 0.1) is 10.1 Å². The van der Waals surface area contributed by atoms with E-state index >= 15 is 0 Å². The number of hydrogen-bond acceptors (Lipinski definition) is 1. The largest absolute Gasteiger partial charge is 0.317 e. The molecule has 0 heterocycles. The minimum atomic E-state index is -0.452. The van der Waals surface area contributed by atoms with Crippen LogP contribution in [-0.2, 0) is 10.2 Å². The average Bonchev–Trinajstić information content (AvgIpc) is 2.42. The van der Waals surface area contributed by atoms with Crippen molar-refractivity contribution >= 4 is 44.3 Å². The van der Waals surface area contributed by atoms with Gasteiger partial charge >= 0.3 is 0 Å². The number of carbonyl (C=O) groups is 1. The zero-order valence-electron chi connectivity index (χ0n) is 11.0. The van der Waals surface area contributed by atoms with Crippen molar-refractivity contribution in [2.75, 3.05) is 11.9 Å². The van der Waals surface area contributed by atoms with Crippen LogP contribution in [0.3, 0.4) is 0 Å². The number of nitrogens with zero attached hydrogens (tertiary/aromatic N) is 1. The van der Waals surface area contributed by atoms with E-state index in [1.807, 2.05) is 25.1 Å². The summed E-state index contributed by atoms with van der Waals surface area (Å²) in [5, 5.41) is 0.373. The van der Waals surface area contributed by atoms with Gasteiger partial charge in [0.05, 0.1) is 10.7 Å². The minimum Gasteiger partial charge on any atom is -0.317 e. The molecule has 2 nitrogen and oxygen atoms in total. The van der Waals surface area contributed by atoms with Crippen molar-refractivity contribution < 1.29 is 4.79 Å². The van der Waals surface area contributed by atoms with Gasteiger partial charge in [-0.2, -0.15) is 0 Å². The normalized spacial score (nSPS) is 13.6. The SMILES string of the molecule is [C-]#[N+]CCCCC(C)(C(=O)CBr)c1cccc(I)c1. The van der Waals surface area contributed by atoms with E-state index in [4.69, 9.17) is 6.57 Å². The molecule has 0 amide bonds. The Labute approximate surface area is 137 Å². The summed E-state index contributed by atoms with van der Waals surface area (Å²) >= 11 is 5.56. The molecule has 1 aromatic rings. The summed E-state index contributed by atoms with van der Waals surface area (Å²) in [6.07, 6.45) is 2.56. The summed E-state index contributed by atoms with van der Waals surface area (Å²) < 4.78 is 1.14. The summed E-state index contributed by atoms with van der Waals surface area (Å²) in [6.45, 7) is 9.36. The second-order valence-corrected chi connectivity index (χ2v) is 6.54. The van der Waals surface area contributed by atoms with Gasteiger partial charge in [0.25, 0.3) is 0 Å². The lowest BCUT2D eigenvalue weighted by molar-refractivity contribution is -0.121. The summed E-state index contributed by atoms with van der Waals surface area (Å²) in [6, 6.07) is 8.13. The van der Waals surface area contributed by atoms with Gasteiger partial charge in [-0.25, -0.2) is 6.57 Å². The zero-order chi connectivity index (χ0) is 14.3. The van der Waals surface area contributed by atoms with Gasteiger partial charge in [0.1, 0.15) is 0 Å². The van der Waals surface area contributed by atoms with Crippen molar-refractivity contribution in [2.24, 2.45) is 0 Å². The van der Waals surface area contributed by atoms with Crippen LogP contribution in [0.5, 0.6) is 0 Å². The molecule has 4 heteroatoms. The van der Waals surface area contributed by atoms with Crippen LogP contribution in [-0.4, -0.2) is 17.7 Å². The highest BCUT2D eigenvalue weighted by Crippen LogP contribution is 2.32. The summed E-state index contributed by atoms with van der Waals surface area (Å²) in [5.41, 5.74) is 0.624. The quantitative estimate of drug-likeness (QED) is 0.266. The maximum atomic E-state index is 12.3. The smallest absolute Gasteiger partial charge is 0.214 e. The number of benzene rings is 1. The second-order valence-electron chi connectivity index (χ2n) is 4.74. The van der Waals surface area contributed by atoms with Crippen LogP contribution in [0.2, 0.25) is 0 Å². The highest BCUT2D eigenvalue weighted by molar-refractivity contribution is 14.1. The molecular formula is C15H17BrINO. The van der Waals surface area contributed by atoms with E-state index in [1.54, 1.807) is 0 Å². The molecule has 0 bridgehead atoms. The number of hydrogen-bond donors (Lipinski definition) is 0. The van der Waals surface area contributed by atoms with Crippen LogP contribution in [0.25, 0.3) is 4.85 Å². The van der Waals surface area contributed by atoms with E-state index in [2.05, 4.69) is 49.4 Å². The van der Waals surface area contributed by atoms with Gasteiger partial charge in [0.15, 0.2) is 5.78 Å². The molecule has 1 rings (SSSR count). The first kappa shape index (κ1) is 16.6. The van der Waals surface area contributed by atoms with Crippen molar-refractivity contribution in [1.29, 1.82) is 0 Å². The van der Waals surface area contributed by atoms with E-state index < -0.39 is 5.41 Å². The fourth-order valence-electron chi connectivity index (χ4n) is 2.09. The Morgan fingerprint density at radius 1 is 1.47 bits per heavy atom. The molecule has 1 aromatic carbocycles. The second kappa shape index (κ2) is 8.01. The molecular weight excluding hydrogens is 417 g/mol. The molecule has 0 saturated heterocycles. The topological polar surface area (TPSA) is 21.4 Å². The van der Waals surface area contributed by atoms with Crippen LogP contribution < -0.4 is 0 Å². The molecule has 0 aliphatic rings. The molecule has 0 radical (unpaired) electrons. The molecule has 0 fully saturated rings. The summed E-state index contributed by atoms with van der Waals surface area (Å²) in [5.74, 6) is 0.206. The number of alkyl halides is 1. The highest BCUT2D eigenvalue weighted by atomic mass is 127. The Kier molecular flexibility index (Phi) is 7.01. The molecule has 102 valence electrons. The monoisotopic (exact) mass is 433 g/mol. The van der Waals surface area contributed by atoms with Gasteiger partial charge < -0.3 is 4.85 Å². The maximum Gasteiger partial charge on any atom is 0.214 e. The van der Waals surface area contributed by atoms with Crippen molar-refractivity contribution in [3.05, 3.63) is 44.8 Å². The van der Waals surface area contributed by atoms with Gasteiger partial charge in [-0.1, -0.05) is 28.1 Å². The van der Waals surface area contributed by atoms with E-state index in [9.17, 15) is 4.79 Å². The first-order valence-corrected chi connectivity index (χ1v) is 8.43. The molecule has 0 aliphatic heterocycles. The van der Waals surface area contributed by atoms with Crippen LogP contribution in [0.1, 0.15) is 31.7 Å². The first-order valence-electron chi connectivity index (χ1n) is 6.23. The third-order valence-electron chi connectivity index (χ3n) is 3.40. The Morgan fingerprint density at radius 3 is 2.79 bits per heavy atom. The average molecular weight is 434 g/mol. The van der Waals surface area contributed by atoms with E-state index in [0.29, 0.717) is 11.9 Å². The molecule has 0 spiro atoms. The lowest BCUT2D eigenvalue weighted by Gasteiger charge is -2.28. The number of ketones is 1. The third-order valence-corrected chi connectivity index (χ3v) is 4.58. The standard InChI is InChI=1S/C15H17BrINO/c1-15(14(19)11-16,8-3-4-9-18-2)12-6-5-7-13(17)10-12/h5-7,10H,3-4,8-9,11H2,1H3. The van der Waals surface area contributed by atoms with Gasteiger partial charge in [0.2, 0.25) is 6.54 Å². The van der Waals surface area contributed by atoms with Crippen molar-refractivity contribution in [1.82, 2.24) is 0 Å². The van der Waals surface area contributed by atoms with Gasteiger partial charge in [0, 0.05) is 9.99 Å². The van der Waals surface area contributed by atoms with Gasteiger partial charge in [-0.05, 0) is 60.1 Å². The predicted octanol–water partition coefficient (Wildman–Crippen LogP) is 4.60. The predicted molar refractivity (Wildman–Crippen MR) is 90.6 cm³/mol. The van der Waals surface area contributed by atoms with Crippen molar-refractivity contribution in [2.45, 2.75) is 31.6 Å². The van der Waals surface area contributed by atoms with E-state index in [-0.39, 0.29) is 5.78 Å². The zero-order valence-corrected chi connectivity index (χ0v) is 14.7. The van der Waals surface area contributed by atoms with Crippen molar-refractivity contribution in [3.63, 3.8) is 0 Å². The molecule has 1 atom stereocenters. The molecule has 0 aliphatic carbocycles. The maximum absolute atomic E-state index is 12.3. The first-order chi connectivity index (χ1) is 9.04. The van der Waals surface area contributed by atoms with Gasteiger partial charge in [-0.15, -0.1) is 0 Å². The van der Waals surface area contributed by atoms with Crippen LogP contribution in [0.15, 0.2) is 24.3 Å². The minimum absolute atomic E-state index is 0.206. The van der Waals surface area contributed by atoms with Crippen LogP contribution in [0.4, 0.5) is 0 Å². The van der Waals surface area contributed by atoms with E-state index in [0.717, 1.165) is 28.4 Å². The Morgan fingerprint density at radius 2 is 2.21 bits per heavy atom. The lowest BCUT2D eigenvalue weighted by Crippen LogP contribution is -2.33. The number of rotatable bonds is 7. The van der Waals surface area contributed by atoms with E-state index in [1.165, 1.54) is 0 Å². The van der Waals surface area contributed by atoms with Crippen LogP contribution >= 0.6 is 38.5 Å². The van der Waals surface area contributed by atoms with Gasteiger partial charge in [-0.3, -0.25) is 4.79 Å². The number of Topliss-reactive ketones (excluding diaryl/α,β-unsaturated/α-hetero) is 1. The number of halogens is 2. The lowest BCUT2D eigenvalue weighted by atomic mass is 9.75. The molecule has 0 saturated carbocycles. The molecule has 19 heavy (non-hydrogen) atoms. The Bertz CT molecular complexity index is 483. The molecule has 0 aromatic heterocycles. The Hall–Kier alpha value is -0.410. The third kappa shape index (κ3) is 4.57. The molecule has 0 N–H and O–H groups in total. The number of carbonyl (C=O) groups excluding carboxylic acids is 1. The highest BCUT2D eigenvalue weighted by Gasteiger charge is 2.33. The fourth-order valence-corrected chi connectivity index (χ4v) is 3.26. The molecule has 1 unspecified atom stereocenters. The Balaban J connectivity index is 2.93. The summed E-state index contributed by atoms with van der Waals surface area (Å²) in [4.78, 5) is 15.7. The fraction of sp³-hybridized carbons (Fsp3) is 0.467. The number of unbranched alkanes of at least 4 members (excludes halogenated alkanes) is 1.